The van der Waals surface area contributed by atoms with Gasteiger partial charge in [-0.15, -0.1) is 0 Å². The number of amides is 3. The van der Waals surface area contributed by atoms with Gasteiger partial charge < -0.3 is 15.5 Å². The average molecular weight is 418 g/mol. The van der Waals surface area contributed by atoms with Gasteiger partial charge in [0.1, 0.15) is 6.04 Å². The molecule has 0 saturated carbocycles. The van der Waals surface area contributed by atoms with Crippen molar-refractivity contribution in [2.75, 3.05) is 17.3 Å². The first-order chi connectivity index (χ1) is 14.5. The first kappa shape index (κ1) is 19.7. The van der Waals surface area contributed by atoms with Gasteiger partial charge in [0.25, 0.3) is 5.91 Å². The summed E-state index contributed by atoms with van der Waals surface area (Å²) in [5.41, 5.74) is 4.12. The summed E-state index contributed by atoms with van der Waals surface area (Å²) in [5.74, 6) is -0.227. The molecule has 1 atom stereocenters. The fourth-order valence-corrected chi connectivity index (χ4v) is 3.69. The molecule has 3 aromatic rings. The normalized spacial score (nSPS) is 15.7. The Labute approximate surface area is 180 Å². The fraction of sp³-hybridized carbons (Fsp3) is 0.0833. The molecule has 4 rings (SSSR count). The van der Waals surface area contributed by atoms with E-state index in [0.29, 0.717) is 10.7 Å². The summed E-state index contributed by atoms with van der Waals surface area (Å²) in [6.45, 7) is 0. The van der Waals surface area contributed by atoms with Crippen LogP contribution in [0.1, 0.15) is 11.1 Å². The Bertz CT molecular complexity index is 1130. The Kier molecular flexibility index (Phi) is 5.55. The molecule has 30 heavy (non-hydrogen) atoms. The van der Waals surface area contributed by atoms with Gasteiger partial charge in [-0.25, -0.2) is 4.79 Å². The molecular formula is C24H20ClN3O2. The highest BCUT2D eigenvalue weighted by Crippen LogP contribution is 2.34. The molecule has 0 fully saturated rings. The smallest absolute Gasteiger partial charge is 0.320 e. The van der Waals surface area contributed by atoms with E-state index < -0.39 is 12.1 Å². The molecule has 1 aliphatic rings. The van der Waals surface area contributed by atoms with Crippen molar-refractivity contribution in [3.05, 3.63) is 101 Å². The molecular weight excluding hydrogens is 398 g/mol. The van der Waals surface area contributed by atoms with Gasteiger partial charge in [-0.1, -0.05) is 66.2 Å². The van der Waals surface area contributed by atoms with E-state index in [9.17, 15) is 9.59 Å². The summed E-state index contributed by atoms with van der Waals surface area (Å²) in [6.07, 6.45) is 1.80. The standard InChI is InChI=1S/C24H20ClN3O2/c1-28-22-13-6-5-12-19(22)20(16-8-3-2-4-9-16)15-21(23(28)29)27-24(30)26-18-11-7-10-17(25)14-18/h2-15,21H,1H3,(H2,26,27,30). The zero-order chi connectivity index (χ0) is 21.1. The second-order valence-corrected chi connectivity index (χ2v) is 7.38. The SMILES string of the molecule is CN1C(=O)C(NC(=O)Nc2cccc(Cl)c2)C=C(c2ccccc2)c2ccccc21. The second kappa shape index (κ2) is 8.43. The summed E-state index contributed by atoms with van der Waals surface area (Å²) in [7, 11) is 1.71. The molecule has 0 spiro atoms. The molecule has 6 heteroatoms. The van der Waals surface area contributed by atoms with Crippen molar-refractivity contribution in [1.82, 2.24) is 5.32 Å². The minimum atomic E-state index is -0.836. The Balaban J connectivity index is 1.69. The van der Waals surface area contributed by atoms with Crippen LogP contribution in [0.15, 0.2) is 84.9 Å². The number of carbonyl (C=O) groups is 2. The first-order valence-corrected chi connectivity index (χ1v) is 9.88. The van der Waals surface area contributed by atoms with Crippen molar-refractivity contribution < 1.29 is 9.59 Å². The van der Waals surface area contributed by atoms with E-state index in [1.54, 1.807) is 42.3 Å². The van der Waals surface area contributed by atoms with Gasteiger partial charge in [0.2, 0.25) is 0 Å². The molecule has 5 nitrogen and oxygen atoms in total. The van der Waals surface area contributed by atoms with Crippen molar-refractivity contribution in [1.29, 1.82) is 0 Å². The lowest BCUT2D eigenvalue weighted by Gasteiger charge is -2.22. The van der Waals surface area contributed by atoms with E-state index in [4.69, 9.17) is 11.6 Å². The largest absolute Gasteiger partial charge is 0.323 e. The number of benzene rings is 3. The Morgan fingerprint density at radius 2 is 1.70 bits per heavy atom. The molecule has 150 valence electrons. The molecule has 0 radical (unpaired) electrons. The second-order valence-electron chi connectivity index (χ2n) is 6.95. The van der Waals surface area contributed by atoms with Crippen LogP contribution in [0.3, 0.4) is 0 Å². The van der Waals surface area contributed by atoms with Gasteiger partial charge in [0, 0.05) is 23.3 Å². The number of fused-ring (bicyclic) bond motifs is 1. The first-order valence-electron chi connectivity index (χ1n) is 9.50. The summed E-state index contributed by atoms with van der Waals surface area (Å²) in [6, 6.07) is 23.0. The maximum atomic E-state index is 13.1. The number of hydrogen-bond acceptors (Lipinski definition) is 2. The van der Waals surface area contributed by atoms with Crippen LogP contribution >= 0.6 is 11.6 Å². The van der Waals surface area contributed by atoms with Crippen LogP contribution in [0.5, 0.6) is 0 Å². The van der Waals surface area contributed by atoms with Crippen LogP contribution in [0.4, 0.5) is 16.2 Å². The zero-order valence-corrected chi connectivity index (χ0v) is 17.1. The quantitative estimate of drug-likeness (QED) is 0.634. The molecule has 3 aromatic carbocycles. The van der Waals surface area contributed by atoms with Gasteiger partial charge in [-0.2, -0.15) is 0 Å². The monoisotopic (exact) mass is 417 g/mol. The lowest BCUT2D eigenvalue weighted by Crippen LogP contribution is -2.47. The zero-order valence-electron chi connectivity index (χ0n) is 16.3. The minimum Gasteiger partial charge on any atom is -0.323 e. The third kappa shape index (κ3) is 4.07. The number of likely N-dealkylation sites (N-methyl/N-ethyl adjacent to an activating group) is 1. The number of carbonyl (C=O) groups excluding carboxylic acids is 2. The fourth-order valence-electron chi connectivity index (χ4n) is 3.50. The van der Waals surface area contributed by atoms with Crippen molar-refractivity contribution in [2.45, 2.75) is 6.04 Å². The Hall–Kier alpha value is -3.57. The molecule has 0 aliphatic carbocycles. The number of para-hydroxylation sites is 1. The van der Waals surface area contributed by atoms with E-state index in [-0.39, 0.29) is 5.91 Å². The van der Waals surface area contributed by atoms with E-state index in [1.807, 2.05) is 54.6 Å². The predicted octanol–water partition coefficient (Wildman–Crippen LogP) is 4.94. The summed E-state index contributed by atoms with van der Waals surface area (Å²) >= 11 is 5.98. The minimum absolute atomic E-state index is 0.227. The molecule has 1 aliphatic heterocycles. The number of nitrogens with one attached hydrogen (secondary N) is 2. The number of halogens is 1. The number of rotatable bonds is 3. The van der Waals surface area contributed by atoms with Crippen LogP contribution in [-0.2, 0) is 4.79 Å². The number of anilines is 2. The Morgan fingerprint density at radius 1 is 0.967 bits per heavy atom. The van der Waals surface area contributed by atoms with E-state index in [2.05, 4.69) is 10.6 Å². The van der Waals surface area contributed by atoms with Crippen molar-refractivity contribution in [2.24, 2.45) is 0 Å². The number of nitrogens with zero attached hydrogens (tertiary/aromatic N) is 1. The summed E-state index contributed by atoms with van der Waals surface area (Å²) < 4.78 is 0. The topological polar surface area (TPSA) is 61.4 Å². The van der Waals surface area contributed by atoms with Crippen molar-refractivity contribution in [3.8, 4) is 0 Å². The van der Waals surface area contributed by atoms with Crippen molar-refractivity contribution >= 4 is 40.5 Å². The maximum Gasteiger partial charge on any atom is 0.320 e. The van der Waals surface area contributed by atoms with Crippen molar-refractivity contribution in [3.63, 3.8) is 0 Å². The van der Waals surface area contributed by atoms with Crippen LogP contribution < -0.4 is 15.5 Å². The highest BCUT2D eigenvalue weighted by atomic mass is 35.5. The third-order valence-corrected chi connectivity index (χ3v) is 5.17. The van der Waals surface area contributed by atoms with Gasteiger partial charge in [-0.3, -0.25) is 4.79 Å². The molecule has 1 heterocycles. The van der Waals surface area contributed by atoms with Crippen LogP contribution in [0, 0.1) is 0 Å². The molecule has 0 bridgehead atoms. The molecule has 0 saturated heterocycles. The highest BCUT2D eigenvalue weighted by molar-refractivity contribution is 6.30. The van der Waals surface area contributed by atoms with Gasteiger partial charge in [0.05, 0.1) is 5.69 Å². The van der Waals surface area contributed by atoms with Gasteiger partial charge in [-0.05, 0) is 41.5 Å². The average Bonchev–Trinajstić information content (AvgIpc) is 2.85. The van der Waals surface area contributed by atoms with E-state index in [1.165, 1.54) is 0 Å². The van der Waals surface area contributed by atoms with Crippen LogP contribution in [0.2, 0.25) is 5.02 Å². The predicted molar refractivity (Wildman–Crippen MR) is 121 cm³/mol. The van der Waals surface area contributed by atoms with Gasteiger partial charge >= 0.3 is 6.03 Å². The highest BCUT2D eigenvalue weighted by Gasteiger charge is 2.29. The molecule has 3 amide bonds. The van der Waals surface area contributed by atoms with Gasteiger partial charge in [0.15, 0.2) is 0 Å². The maximum absolute atomic E-state index is 13.1. The van der Waals surface area contributed by atoms with E-state index in [0.717, 1.165) is 22.4 Å². The number of urea groups is 1. The molecule has 2 N–H and O–H groups in total. The summed E-state index contributed by atoms with van der Waals surface area (Å²) in [5, 5.41) is 6.02. The molecule has 1 unspecified atom stereocenters. The Morgan fingerprint density at radius 3 is 2.47 bits per heavy atom. The van der Waals surface area contributed by atoms with Crippen LogP contribution in [0.25, 0.3) is 5.57 Å². The third-order valence-electron chi connectivity index (χ3n) is 4.94. The number of hydrogen-bond donors (Lipinski definition) is 2. The lowest BCUT2D eigenvalue weighted by atomic mass is 9.95. The summed E-state index contributed by atoms with van der Waals surface area (Å²) in [4.78, 5) is 27.3. The van der Waals surface area contributed by atoms with Crippen LogP contribution in [-0.4, -0.2) is 25.0 Å². The lowest BCUT2D eigenvalue weighted by molar-refractivity contribution is -0.119. The van der Waals surface area contributed by atoms with E-state index >= 15 is 0 Å². The molecule has 0 aromatic heterocycles.